The zero-order valence-electron chi connectivity index (χ0n) is 14.5. The fourth-order valence-electron chi connectivity index (χ4n) is 0. The molecule has 0 spiro atoms. The van der Waals surface area contributed by atoms with Crippen LogP contribution in [-0.4, -0.2) is 68.6 Å². The van der Waals surface area contributed by atoms with Crippen molar-refractivity contribution in [2.24, 2.45) is 0 Å². The molecule has 0 radical (unpaired) electrons. The summed E-state index contributed by atoms with van der Waals surface area (Å²) in [6.45, 7) is -2.67. The van der Waals surface area contributed by atoms with Gasteiger partial charge in [0.05, 0.1) is 5.97 Å². The summed E-state index contributed by atoms with van der Waals surface area (Å²) in [7, 11) is -9.83. The molecule has 0 fully saturated rings. The fraction of sp³-hybridized carbons (Fsp3) is 0.600. The molecule has 0 unspecified atom stereocenters. The Morgan fingerprint density at radius 3 is 0.929 bits per heavy atom. The van der Waals surface area contributed by atoms with E-state index in [4.69, 9.17) is 50.8 Å². The van der Waals surface area contributed by atoms with E-state index in [-0.39, 0.29) is 113 Å². The molecule has 0 aliphatic heterocycles. The molecular weight excluding hydrogens is 826 g/mol. The molecule has 0 aromatic carbocycles. The van der Waals surface area contributed by atoms with Crippen LogP contribution in [0.1, 0.15) is 0 Å². The van der Waals surface area contributed by atoms with Crippen LogP contribution < -0.4 is 93.8 Å². The maximum atomic E-state index is 10.5. The maximum Gasteiger partial charge on any atom is 1.00 e. The third kappa shape index (κ3) is 417. The van der Waals surface area contributed by atoms with Gasteiger partial charge in [0.1, 0.15) is 6.67 Å². The van der Waals surface area contributed by atoms with Crippen molar-refractivity contribution in [2.45, 2.75) is 0 Å². The molecule has 28 heavy (non-hydrogen) atoms. The van der Waals surface area contributed by atoms with E-state index >= 15 is 0 Å². The molecule has 23 heteroatoms. The van der Waals surface area contributed by atoms with E-state index < -0.39 is 46.3 Å². The molecule has 0 saturated carbocycles. The number of carbonyl (C=O) groups is 2. The molecule has 0 saturated heterocycles. The third-order valence-corrected chi connectivity index (χ3v) is 0.223. The third-order valence-electron chi connectivity index (χ3n) is 0.223. The molecule has 0 rings (SSSR count). The van der Waals surface area contributed by atoms with Gasteiger partial charge in [-0.05, 0) is 0 Å². The second-order valence-electron chi connectivity index (χ2n) is 1.82. The number of aliphatic carboxylic acids is 2. The molecule has 160 valence electrons. The standard InChI is InChI=1S/2C2H3FO2.CH4O.2FHO3S.I2.HI.3Na/c2*3-1-2(4)5;1-2;2*1-5(2,3)4;1-2;;;;/h2*1H2,(H,4,5);2H,1H3;2*(H,2,3,4);;1H;;;/q;;;;;;;3*+1/p-3. The monoisotopic (exact) mass is 836 g/mol. The van der Waals surface area contributed by atoms with Crippen LogP contribution in [-0.2, 0) is 30.6 Å². The summed E-state index contributed by atoms with van der Waals surface area (Å²) in [4.78, 5) is 17.9. The van der Waals surface area contributed by atoms with Crippen LogP contribution in [0.25, 0.3) is 0 Å². The Kier molecular flexibility index (Phi) is 109. The van der Waals surface area contributed by atoms with Gasteiger partial charge in [-0.1, -0.05) is 0 Å². The largest absolute Gasteiger partial charge is 1.00 e. The Labute approximate surface area is 265 Å². The van der Waals surface area contributed by atoms with Crippen LogP contribution in [0.5, 0.6) is 0 Å². The number of carboxylic acid groups (broad SMARTS) is 2. The average molecular weight is 836 g/mol. The van der Waals surface area contributed by atoms with Gasteiger partial charge >= 0.3 is 94.6 Å². The zero-order valence-corrected chi connectivity index (χ0v) is 28.8. The van der Waals surface area contributed by atoms with Crippen LogP contribution in [0.3, 0.4) is 0 Å². The Hall–Kier alpha value is 3.63. The molecule has 0 aliphatic rings. The Morgan fingerprint density at radius 1 is 0.857 bits per heavy atom. The van der Waals surface area contributed by atoms with Crippen molar-refractivity contribution in [3.05, 3.63) is 0 Å². The Bertz CT molecular complexity index is 426. The number of carbonyl (C=O) groups excluding carboxylic acids is 1. The van der Waals surface area contributed by atoms with E-state index in [1.54, 1.807) is 0 Å². The van der Waals surface area contributed by atoms with Gasteiger partial charge < -0.3 is 29.2 Å². The van der Waals surface area contributed by atoms with Crippen molar-refractivity contribution in [3.63, 3.8) is 0 Å². The summed E-state index contributed by atoms with van der Waals surface area (Å²) in [5.74, 6) is -3.07. The smallest absolute Gasteiger partial charge is 0.722 e. The quantitative estimate of drug-likeness (QED) is 0.0877. The summed E-state index contributed by atoms with van der Waals surface area (Å²) in [6.07, 6.45) is 0. The van der Waals surface area contributed by atoms with Crippen LogP contribution in [0, 0.1) is 0 Å². The second kappa shape index (κ2) is 48.2. The van der Waals surface area contributed by atoms with Crippen LogP contribution >= 0.6 is 61.2 Å². The van der Waals surface area contributed by atoms with E-state index in [9.17, 15) is 16.6 Å². The van der Waals surface area contributed by atoms with Gasteiger partial charge in [-0.2, -0.15) is 0 Å². The van der Waals surface area contributed by atoms with Gasteiger partial charge in [-0.25, -0.2) is 30.4 Å². The van der Waals surface area contributed by atoms with E-state index in [0.29, 0.717) is 0 Å². The summed E-state index contributed by atoms with van der Waals surface area (Å²) >= 11 is 4.24. The van der Waals surface area contributed by atoms with Gasteiger partial charge in [-0.3, -0.25) is 0 Å². The molecule has 0 aliphatic carbocycles. The normalized spacial score (nSPS) is 7.21. The van der Waals surface area contributed by atoms with Crippen LogP contribution in [0.15, 0.2) is 0 Å². The predicted octanol–water partition coefficient (Wildman–Crippen LogP) is -9.41. The van der Waals surface area contributed by atoms with Crippen molar-refractivity contribution in [1.29, 1.82) is 0 Å². The second-order valence-corrected chi connectivity index (χ2v) is 3.39. The summed E-state index contributed by atoms with van der Waals surface area (Å²) in [5.41, 5.74) is 0. The number of aliphatic hydroxyl groups excluding tert-OH is 1. The minimum absolute atomic E-state index is 0. The summed E-state index contributed by atoms with van der Waals surface area (Å²) in [6, 6.07) is 0. The molecule has 0 heterocycles. The molecule has 11 nitrogen and oxygen atoms in total. The van der Waals surface area contributed by atoms with Crippen molar-refractivity contribution in [3.8, 4) is 0 Å². The number of alkyl halides is 2. The topological polar surface area (TPSA) is 212 Å². The molecule has 0 amide bonds. The van der Waals surface area contributed by atoms with Gasteiger partial charge in [0.15, 0.2) is 6.67 Å². The number of carboxylic acids is 2. The van der Waals surface area contributed by atoms with Crippen molar-refractivity contribution >= 4 is 94.2 Å². The van der Waals surface area contributed by atoms with Gasteiger partial charge in [-0.15, -0.1) is 31.7 Å². The van der Waals surface area contributed by atoms with Crippen molar-refractivity contribution in [2.75, 3.05) is 20.5 Å². The zero-order chi connectivity index (χ0) is 21.6. The summed E-state index contributed by atoms with van der Waals surface area (Å²) in [5, 5.41) is 23.2. The van der Waals surface area contributed by atoms with Gasteiger partial charge in [0.25, 0.3) is 21.0 Å². The molecule has 0 aromatic rings. The molecule has 0 aromatic heterocycles. The number of aliphatic hydroxyl groups is 1. The Balaban J connectivity index is -0.0000000174. The van der Waals surface area contributed by atoms with E-state index in [1.165, 1.54) is 0 Å². The molecule has 2 N–H and O–H groups in total. The van der Waals surface area contributed by atoms with Gasteiger partial charge in [0.2, 0.25) is 0 Å². The van der Waals surface area contributed by atoms with E-state index in [2.05, 4.69) is 37.2 Å². The number of hydrogen-bond acceptors (Lipinski definition) is 10. The molecule has 0 atom stereocenters. The van der Waals surface area contributed by atoms with Crippen molar-refractivity contribution < 1.29 is 156 Å². The maximum absolute atomic E-state index is 10.5. The first-order chi connectivity index (χ1) is 10.5. The van der Waals surface area contributed by atoms with Gasteiger partial charge in [0, 0.05) is 44.3 Å². The van der Waals surface area contributed by atoms with E-state index in [0.717, 1.165) is 7.11 Å². The Morgan fingerprint density at radius 2 is 0.929 bits per heavy atom. The van der Waals surface area contributed by atoms with E-state index in [1.807, 2.05) is 0 Å². The first-order valence-corrected chi connectivity index (χ1v) is 12.9. The minimum atomic E-state index is -5.42. The van der Waals surface area contributed by atoms with Crippen LogP contribution in [0.2, 0.25) is 0 Å². The number of rotatable bonds is 2. The summed E-state index contributed by atoms with van der Waals surface area (Å²) < 4.78 is 91.6. The minimum Gasteiger partial charge on any atom is -0.722 e. The van der Waals surface area contributed by atoms with Crippen LogP contribution in [0.4, 0.5) is 16.6 Å². The first kappa shape index (κ1) is 63.4. The predicted molar refractivity (Wildman–Crippen MR) is 97.8 cm³/mol. The number of hydrogen-bond donors (Lipinski definition) is 2. The SMILES string of the molecule is CO.I.II.O=C(O)CF.O=C([O-])CF.O=S(=O)([O-])F.O=S(=O)([O-])F.[Na+].[Na+].[Na+]. The number of halogens is 7. The first-order valence-electron chi connectivity index (χ1n) is 3.98. The van der Waals surface area contributed by atoms with Crippen molar-refractivity contribution in [1.82, 2.24) is 0 Å². The molecular formula is C5H10F4I3Na3O11S2. The average Bonchev–Trinajstić information content (AvgIpc) is 2.40. The fourth-order valence-corrected chi connectivity index (χ4v) is 0. The molecule has 0 bridgehead atoms.